The minimum Gasteiger partial charge on any atom is -0.396 e. The van der Waals surface area contributed by atoms with Crippen molar-refractivity contribution >= 4 is 0 Å². The predicted molar refractivity (Wildman–Crippen MR) is 66.2 cm³/mol. The highest BCUT2D eigenvalue weighted by atomic mass is 16.7. The molecule has 0 radical (unpaired) electrons. The van der Waals surface area contributed by atoms with Gasteiger partial charge in [0.05, 0.1) is 13.2 Å². The van der Waals surface area contributed by atoms with E-state index in [-0.39, 0.29) is 19.6 Å². The molecule has 0 rings (SSSR count). The Balaban J connectivity index is 5.40. The molecule has 0 aromatic rings. The molecule has 0 atom stereocenters. The first-order valence-electron chi connectivity index (χ1n) is 6.36. The lowest BCUT2D eigenvalue weighted by Crippen LogP contribution is -2.64. The smallest absolute Gasteiger partial charge is 0.204 e. The molecule has 3 N–H and O–H groups in total. The van der Waals surface area contributed by atoms with Crippen molar-refractivity contribution in [3.05, 3.63) is 0 Å². The van der Waals surface area contributed by atoms with Crippen LogP contribution < -0.4 is 0 Å². The van der Waals surface area contributed by atoms with E-state index in [1.165, 1.54) is 0 Å². The van der Waals surface area contributed by atoms with Gasteiger partial charge in [0, 0.05) is 32.8 Å². The molecule has 0 aromatic heterocycles. The summed E-state index contributed by atoms with van der Waals surface area (Å²) in [7, 11) is 0. The van der Waals surface area contributed by atoms with E-state index < -0.39 is 24.6 Å². The topological polar surface area (TPSA) is 88.4 Å². The first-order valence-corrected chi connectivity index (χ1v) is 6.36. The highest BCUT2D eigenvalue weighted by Crippen LogP contribution is 2.34. The number of rotatable bonds is 11. The molecule has 18 heavy (non-hydrogen) atoms. The number of aliphatic hydroxyl groups is 3. The van der Waals surface area contributed by atoms with Crippen molar-refractivity contribution in [1.82, 2.24) is 0 Å². The van der Waals surface area contributed by atoms with Gasteiger partial charge in [0.25, 0.3) is 0 Å². The summed E-state index contributed by atoms with van der Waals surface area (Å²) in [6.45, 7) is 5.09. The average Bonchev–Trinajstić information content (AvgIpc) is 2.37. The van der Waals surface area contributed by atoms with Crippen LogP contribution in [0.2, 0.25) is 0 Å². The molecule has 0 aromatic carbocycles. The summed E-state index contributed by atoms with van der Waals surface area (Å²) < 4.78 is 16.7. The summed E-state index contributed by atoms with van der Waals surface area (Å²) in [6, 6.07) is 0. The van der Waals surface area contributed by atoms with E-state index in [9.17, 15) is 15.3 Å². The molecule has 110 valence electrons. The van der Waals surface area contributed by atoms with E-state index >= 15 is 0 Å². The van der Waals surface area contributed by atoms with Gasteiger partial charge in [-0.1, -0.05) is 0 Å². The normalized spacial score (nSPS) is 13.0. The van der Waals surface area contributed by atoms with Crippen molar-refractivity contribution in [2.75, 3.05) is 39.6 Å². The summed E-state index contributed by atoms with van der Waals surface area (Å²) in [6.07, 6.45) is 0.107. The highest BCUT2D eigenvalue weighted by Gasteiger charge is 2.54. The van der Waals surface area contributed by atoms with Crippen molar-refractivity contribution in [2.24, 2.45) is 0 Å². The van der Waals surface area contributed by atoms with Gasteiger partial charge < -0.3 is 29.5 Å². The molecule has 0 aliphatic carbocycles. The molecule has 0 heterocycles. The van der Waals surface area contributed by atoms with Crippen LogP contribution >= 0.6 is 0 Å². The summed E-state index contributed by atoms with van der Waals surface area (Å²) in [5, 5.41) is 28.4. The fraction of sp³-hybridized carbons (Fsp3) is 1.00. The second-order valence-electron chi connectivity index (χ2n) is 3.84. The van der Waals surface area contributed by atoms with E-state index in [1.807, 2.05) is 0 Å². The maximum Gasteiger partial charge on any atom is 0.204 e. The molecule has 0 aliphatic rings. The molecule has 0 saturated heterocycles. The van der Waals surface area contributed by atoms with Crippen molar-refractivity contribution in [3.63, 3.8) is 0 Å². The zero-order valence-corrected chi connectivity index (χ0v) is 11.5. The summed E-state index contributed by atoms with van der Waals surface area (Å²) in [4.78, 5) is 0. The predicted octanol–water partition coefficient (Wildman–Crippen LogP) is -0.102. The summed E-state index contributed by atoms with van der Waals surface area (Å²) >= 11 is 0. The zero-order valence-electron chi connectivity index (χ0n) is 11.5. The molecular weight excluding hydrogens is 240 g/mol. The van der Waals surface area contributed by atoms with Crippen LogP contribution in [0.3, 0.4) is 0 Å². The third kappa shape index (κ3) is 3.63. The lowest BCUT2D eigenvalue weighted by Gasteiger charge is -2.46. The van der Waals surface area contributed by atoms with Crippen LogP contribution in [0.15, 0.2) is 0 Å². The number of hydrogen-bond donors (Lipinski definition) is 3. The maximum absolute atomic E-state index is 9.60. The number of aliphatic hydroxyl groups excluding tert-OH is 3. The Morgan fingerprint density at radius 3 is 1.50 bits per heavy atom. The van der Waals surface area contributed by atoms with E-state index in [2.05, 4.69) is 0 Å². The van der Waals surface area contributed by atoms with Crippen molar-refractivity contribution in [2.45, 2.75) is 38.6 Å². The van der Waals surface area contributed by atoms with E-state index in [1.54, 1.807) is 20.8 Å². The largest absolute Gasteiger partial charge is 0.396 e. The molecular formula is C12H26O6. The highest BCUT2D eigenvalue weighted by molar-refractivity contribution is 4.96. The fourth-order valence-electron chi connectivity index (χ4n) is 2.06. The van der Waals surface area contributed by atoms with Crippen LogP contribution in [0.1, 0.15) is 27.2 Å². The van der Waals surface area contributed by atoms with Crippen LogP contribution in [0.4, 0.5) is 0 Å². The van der Waals surface area contributed by atoms with Crippen LogP contribution in [0, 0.1) is 0 Å². The minimum atomic E-state index is -1.39. The van der Waals surface area contributed by atoms with Gasteiger partial charge in [-0.05, 0) is 20.8 Å². The van der Waals surface area contributed by atoms with E-state index in [4.69, 9.17) is 14.2 Å². The van der Waals surface area contributed by atoms with Crippen molar-refractivity contribution in [1.29, 1.82) is 0 Å². The Kier molecular flexibility index (Phi) is 8.67. The van der Waals surface area contributed by atoms with Crippen LogP contribution in [-0.2, 0) is 14.2 Å². The van der Waals surface area contributed by atoms with Gasteiger partial charge in [0.2, 0.25) is 5.79 Å². The van der Waals surface area contributed by atoms with Gasteiger partial charge in [0.15, 0.2) is 5.60 Å². The Labute approximate surface area is 108 Å². The van der Waals surface area contributed by atoms with E-state index in [0.29, 0.717) is 13.2 Å². The quantitative estimate of drug-likeness (QED) is 0.453. The minimum absolute atomic E-state index is 0.107. The van der Waals surface area contributed by atoms with Gasteiger partial charge >= 0.3 is 0 Å². The molecule has 0 unspecified atom stereocenters. The molecule has 0 aliphatic heterocycles. The van der Waals surface area contributed by atoms with Gasteiger partial charge in [-0.15, -0.1) is 0 Å². The van der Waals surface area contributed by atoms with Gasteiger partial charge in [-0.2, -0.15) is 0 Å². The van der Waals surface area contributed by atoms with E-state index in [0.717, 1.165) is 0 Å². The number of hydrogen-bond acceptors (Lipinski definition) is 6. The average molecular weight is 266 g/mol. The molecule has 0 amide bonds. The molecule has 0 fully saturated rings. The third-order valence-electron chi connectivity index (χ3n) is 2.82. The van der Waals surface area contributed by atoms with Crippen LogP contribution in [0.5, 0.6) is 0 Å². The molecule has 0 saturated carbocycles. The summed E-state index contributed by atoms with van der Waals surface area (Å²) in [5.41, 5.74) is -1.39. The lowest BCUT2D eigenvalue weighted by molar-refractivity contribution is -0.347. The van der Waals surface area contributed by atoms with Crippen LogP contribution in [0.25, 0.3) is 0 Å². The fourth-order valence-corrected chi connectivity index (χ4v) is 2.06. The molecule has 0 spiro atoms. The lowest BCUT2D eigenvalue weighted by atomic mass is 9.90. The molecule has 6 heteroatoms. The van der Waals surface area contributed by atoms with Gasteiger partial charge in [-0.3, -0.25) is 0 Å². The van der Waals surface area contributed by atoms with Crippen molar-refractivity contribution in [3.8, 4) is 0 Å². The Morgan fingerprint density at radius 1 is 0.778 bits per heavy atom. The first kappa shape index (κ1) is 17.8. The first-order chi connectivity index (χ1) is 8.61. The van der Waals surface area contributed by atoms with Crippen molar-refractivity contribution < 1.29 is 29.5 Å². The molecule has 6 nitrogen and oxygen atoms in total. The van der Waals surface area contributed by atoms with Crippen LogP contribution in [-0.4, -0.2) is 66.3 Å². The van der Waals surface area contributed by atoms with Gasteiger partial charge in [-0.25, -0.2) is 0 Å². The van der Waals surface area contributed by atoms with Gasteiger partial charge in [0.1, 0.15) is 0 Å². The standard InChI is InChI=1S/C12H26O6/c1-4-16-11(9-14,10-15)12(7-8-13,17-5-2)18-6-3/h13-15H,4-10H2,1-3H3. The SMILES string of the molecule is CCOC(CO)(CO)C(CCO)(OCC)OCC. The monoisotopic (exact) mass is 266 g/mol. The Bertz CT molecular complexity index is 188. The number of ether oxygens (including phenoxy) is 3. The second kappa shape index (κ2) is 8.79. The maximum atomic E-state index is 9.60. The zero-order chi connectivity index (χ0) is 14.1. The Hall–Kier alpha value is -0.240. The summed E-state index contributed by atoms with van der Waals surface area (Å²) in [5.74, 6) is -1.36. The second-order valence-corrected chi connectivity index (χ2v) is 3.84. The molecule has 0 bridgehead atoms. The third-order valence-corrected chi connectivity index (χ3v) is 2.82. The Morgan fingerprint density at radius 2 is 1.22 bits per heavy atom.